The van der Waals surface area contributed by atoms with E-state index in [1.54, 1.807) is 20.8 Å². The van der Waals surface area contributed by atoms with Crippen LogP contribution in [0.1, 0.15) is 32.8 Å². The van der Waals surface area contributed by atoms with E-state index in [9.17, 15) is 20.1 Å². The molecule has 0 radical (unpaired) electrons. The number of carbonyl (C=O) groups is 1. The van der Waals surface area contributed by atoms with Crippen molar-refractivity contribution in [2.45, 2.75) is 82.3 Å². The highest BCUT2D eigenvalue weighted by atomic mass is 16.7. The van der Waals surface area contributed by atoms with Crippen LogP contribution in [0.25, 0.3) is 0 Å². The molecule has 0 aliphatic carbocycles. The van der Waals surface area contributed by atoms with Crippen molar-refractivity contribution in [2.75, 3.05) is 13.2 Å². The smallest absolute Gasteiger partial charge is 0.410 e. The van der Waals surface area contributed by atoms with Gasteiger partial charge in [-0.3, -0.25) is 4.90 Å². The van der Waals surface area contributed by atoms with Crippen LogP contribution in [-0.4, -0.2) is 87.9 Å². The molecule has 3 aliphatic heterocycles. The average Bonchev–Trinajstić information content (AvgIpc) is 3.34. The first-order valence-electron chi connectivity index (χ1n) is 11.1. The Balaban J connectivity index is 1.54. The Kier molecular flexibility index (Phi) is 6.76. The maximum atomic E-state index is 12.8. The van der Waals surface area contributed by atoms with E-state index in [1.165, 1.54) is 4.90 Å². The standard InChI is InChI=1S/C23H33NO8/c1-23(2,3)32-22(28)24-10-14(25)9-15(24)18(26)17-19(27)16-12-30-21(31-16)20(17)29-11-13-7-5-4-6-8-13/h4-8,14-21,25-27H,9-12H2,1-3H3/t14-,15+,16+,17+,18+,19+,20-,21-/m1/s1. The Morgan fingerprint density at radius 1 is 1.25 bits per heavy atom. The summed E-state index contributed by atoms with van der Waals surface area (Å²) in [6, 6.07) is 8.81. The van der Waals surface area contributed by atoms with E-state index in [4.69, 9.17) is 18.9 Å². The first-order chi connectivity index (χ1) is 15.1. The fraction of sp³-hybridized carbons (Fsp3) is 0.696. The van der Waals surface area contributed by atoms with Crippen molar-refractivity contribution in [3.05, 3.63) is 35.9 Å². The average molecular weight is 452 g/mol. The largest absolute Gasteiger partial charge is 0.444 e. The Hall–Kier alpha value is -1.75. The number of carbonyl (C=O) groups excluding carboxylic acids is 1. The molecule has 8 atom stereocenters. The number of likely N-dealkylation sites (tertiary alicyclic amines) is 1. The number of hydrogen-bond donors (Lipinski definition) is 3. The molecule has 1 aromatic carbocycles. The van der Waals surface area contributed by atoms with Crippen LogP contribution in [0.15, 0.2) is 30.3 Å². The maximum Gasteiger partial charge on any atom is 0.410 e. The van der Waals surface area contributed by atoms with Gasteiger partial charge in [-0.1, -0.05) is 30.3 Å². The van der Waals surface area contributed by atoms with Gasteiger partial charge in [0, 0.05) is 5.92 Å². The van der Waals surface area contributed by atoms with Crippen LogP contribution in [0.3, 0.4) is 0 Å². The molecule has 3 aliphatic rings. The third-order valence-electron chi connectivity index (χ3n) is 6.18. The molecule has 9 heteroatoms. The van der Waals surface area contributed by atoms with E-state index >= 15 is 0 Å². The lowest BCUT2D eigenvalue weighted by atomic mass is 9.81. The highest BCUT2D eigenvalue weighted by Gasteiger charge is 2.56. The first kappa shape index (κ1) is 23.4. The molecule has 0 spiro atoms. The van der Waals surface area contributed by atoms with Gasteiger partial charge in [-0.15, -0.1) is 0 Å². The van der Waals surface area contributed by atoms with Crippen molar-refractivity contribution in [3.8, 4) is 0 Å². The SMILES string of the molecule is CC(C)(C)OC(=O)N1C[C@H](O)C[C@H]1[C@H](O)[C@H]1[C@@H](O)[C@@H]2CO[C@H](O2)[C@@H]1OCc1ccccc1. The summed E-state index contributed by atoms with van der Waals surface area (Å²) >= 11 is 0. The predicted octanol–water partition coefficient (Wildman–Crippen LogP) is 1.04. The second kappa shape index (κ2) is 9.24. The van der Waals surface area contributed by atoms with Crippen LogP contribution < -0.4 is 0 Å². The summed E-state index contributed by atoms with van der Waals surface area (Å²) in [5.41, 5.74) is 0.217. The van der Waals surface area contributed by atoms with E-state index in [0.717, 1.165) is 5.56 Å². The Bertz CT molecular complexity index is 784. The number of nitrogens with zero attached hydrogens (tertiary/aromatic N) is 1. The summed E-state index contributed by atoms with van der Waals surface area (Å²) in [7, 11) is 0. The predicted molar refractivity (Wildman–Crippen MR) is 112 cm³/mol. The summed E-state index contributed by atoms with van der Waals surface area (Å²) in [6.07, 6.45) is -5.53. The normalized spacial score (nSPS) is 35.7. The minimum atomic E-state index is -1.17. The second-order valence-corrected chi connectivity index (χ2v) is 9.79. The Morgan fingerprint density at radius 2 is 1.97 bits per heavy atom. The fourth-order valence-corrected chi connectivity index (χ4v) is 4.72. The summed E-state index contributed by atoms with van der Waals surface area (Å²) in [5.74, 6) is -0.773. The van der Waals surface area contributed by atoms with Crippen LogP contribution >= 0.6 is 0 Å². The molecule has 178 valence electrons. The number of β-amino-alcohol motifs (C(OH)–C–C–N with tert-alkyl or cyclic N) is 1. The van der Waals surface area contributed by atoms with Gasteiger partial charge in [-0.25, -0.2) is 4.79 Å². The van der Waals surface area contributed by atoms with Gasteiger partial charge in [-0.2, -0.15) is 0 Å². The molecular formula is C23H33NO8. The minimum absolute atomic E-state index is 0.0504. The van der Waals surface area contributed by atoms with Crippen molar-refractivity contribution >= 4 is 6.09 Å². The molecule has 0 unspecified atom stereocenters. The lowest BCUT2D eigenvalue weighted by Crippen LogP contribution is -2.59. The quantitative estimate of drug-likeness (QED) is 0.608. The van der Waals surface area contributed by atoms with E-state index in [-0.39, 0.29) is 26.2 Å². The molecular weight excluding hydrogens is 418 g/mol. The number of aliphatic hydroxyl groups is 3. The number of aliphatic hydroxyl groups excluding tert-OH is 3. The maximum absolute atomic E-state index is 12.8. The van der Waals surface area contributed by atoms with Gasteiger partial charge < -0.3 is 34.3 Å². The van der Waals surface area contributed by atoms with E-state index in [1.807, 2.05) is 30.3 Å². The molecule has 2 bridgehead atoms. The fourth-order valence-electron chi connectivity index (χ4n) is 4.72. The molecule has 3 heterocycles. The van der Waals surface area contributed by atoms with Crippen molar-refractivity contribution in [1.82, 2.24) is 4.90 Å². The van der Waals surface area contributed by atoms with E-state index in [2.05, 4.69) is 0 Å². The van der Waals surface area contributed by atoms with Gasteiger partial charge in [0.05, 0.1) is 44.1 Å². The lowest BCUT2D eigenvalue weighted by Gasteiger charge is -2.43. The van der Waals surface area contributed by atoms with Gasteiger partial charge in [0.2, 0.25) is 0 Å². The Morgan fingerprint density at radius 3 is 2.66 bits per heavy atom. The number of benzene rings is 1. The molecule has 9 nitrogen and oxygen atoms in total. The van der Waals surface area contributed by atoms with E-state index in [0.29, 0.717) is 0 Å². The van der Waals surface area contributed by atoms with Crippen LogP contribution in [0.2, 0.25) is 0 Å². The van der Waals surface area contributed by atoms with Crippen LogP contribution in [0, 0.1) is 5.92 Å². The number of rotatable bonds is 5. The molecule has 32 heavy (non-hydrogen) atoms. The topological polar surface area (TPSA) is 118 Å². The lowest BCUT2D eigenvalue weighted by molar-refractivity contribution is -0.247. The molecule has 3 N–H and O–H groups in total. The minimum Gasteiger partial charge on any atom is -0.444 e. The summed E-state index contributed by atoms with van der Waals surface area (Å²) in [6.45, 7) is 5.77. The van der Waals surface area contributed by atoms with Gasteiger partial charge in [0.1, 0.15) is 17.8 Å². The monoisotopic (exact) mass is 451 g/mol. The molecule has 0 aromatic heterocycles. The molecule has 4 rings (SSSR count). The van der Waals surface area contributed by atoms with Crippen molar-refractivity contribution in [3.63, 3.8) is 0 Å². The van der Waals surface area contributed by atoms with Gasteiger partial charge in [-0.05, 0) is 32.8 Å². The van der Waals surface area contributed by atoms with Crippen molar-refractivity contribution in [2.24, 2.45) is 5.92 Å². The molecule has 1 aromatic rings. The van der Waals surface area contributed by atoms with Crippen molar-refractivity contribution in [1.29, 1.82) is 0 Å². The van der Waals surface area contributed by atoms with Crippen LogP contribution in [0.5, 0.6) is 0 Å². The third kappa shape index (κ3) is 4.93. The highest BCUT2D eigenvalue weighted by molar-refractivity contribution is 5.69. The summed E-state index contributed by atoms with van der Waals surface area (Å²) < 4.78 is 23.0. The van der Waals surface area contributed by atoms with Gasteiger partial charge in [0.25, 0.3) is 0 Å². The van der Waals surface area contributed by atoms with Crippen LogP contribution in [0.4, 0.5) is 4.79 Å². The summed E-state index contributed by atoms with van der Waals surface area (Å²) in [4.78, 5) is 14.1. The second-order valence-electron chi connectivity index (χ2n) is 9.79. The zero-order valence-corrected chi connectivity index (χ0v) is 18.7. The first-order valence-corrected chi connectivity index (χ1v) is 11.1. The van der Waals surface area contributed by atoms with Crippen LogP contribution in [-0.2, 0) is 25.6 Å². The molecule has 3 saturated heterocycles. The number of amides is 1. The summed E-state index contributed by atoms with van der Waals surface area (Å²) in [5, 5.41) is 32.6. The number of fused-ring (bicyclic) bond motifs is 2. The third-order valence-corrected chi connectivity index (χ3v) is 6.18. The van der Waals surface area contributed by atoms with Gasteiger partial charge in [0.15, 0.2) is 6.29 Å². The molecule has 0 saturated carbocycles. The molecule has 3 fully saturated rings. The van der Waals surface area contributed by atoms with Crippen molar-refractivity contribution < 1.29 is 39.1 Å². The highest BCUT2D eigenvalue weighted by Crippen LogP contribution is 2.39. The zero-order valence-electron chi connectivity index (χ0n) is 18.7. The van der Waals surface area contributed by atoms with E-state index < -0.39 is 60.5 Å². The Labute approximate surface area is 187 Å². The molecule has 1 amide bonds. The van der Waals surface area contributed by atoms with Gasteiger partial charge >= 0.3 is 6.09 Å². The number of hydrogen-bond acceptors (Lipinski definition) is 8. The number of ether oxygens (including phenoxy) is 4. The zero-order chi connectivity index (χ0) is 23.0.